The van der Waals surface area contributed by atoms with E-state index in [0.717, 1.165) is 28.0 Å². The first-order chi connectivity index (χ1) is 17.0. The lowest BCUT2D eigenvalue weighted by atomic mass is 9.94. The van der Waals surface area contributed by atoms with Gasteiger partial charge in [0.25, 0.3) is 5.89 Å². The van der Waals surface area contributed by atoms with Gasteiger partial charge in [0, 0.05) is 17.8 Å². The molecule has 0 saturated heterocycles. The van der Waals surface area contributed by atoms with Crippen LogP contribution in [-0.4, -0.2) is 27.6 Å². The van der Waals surface area contributed by atoms with Crippen molar-refractivity contribution in [2.75, 3.05) is 6.54 Å². The Kier molecular flexibility index (Phi) is 6.14. The fourth-order valence-electron chi connectivity index (χ4n) is 4.27. The van der Waals surface area contributed by atoms with Crippen LogP contribution in [0.25, 0.3) is 17.0 Å². The van der Waals surface area contributed by atoms with Crippen LogP contribution >= 0.6 is 0 Å². The van der Waals surface area contributed by atoms with Crippen LogP contribution in [0.1, 0.15) is 35.5 Å². The number of allylic oxidation sites excluding steroid dienone is 1. The standard InChI is InChI=1S/C28H25FN4O2/c1-18-8-10-21(11-9-18)25-24(27-31-26(32-35-27)22-12-14-23(29)15-13-22)19(2)33(28(34)30-25)17-16-20-6-4-3-5-7-20/h3-15,25H,16-17H2,1-2H3,(H,30,34). The minimum Gasteiger partial charge on any atom is -0.334 e. The van der Waals surface area contributed by atoms with Crippen molar-refractivity contribution in [3.8, 4) is 11.4 Å². The molecule has 1 aliphatic heterocycles. The van der Waals surface area contributed by atoms with Gasteiger partial charge in [-0.1, -0.05) is 65.3 Å². The summed E-state index contributed by atoms with van der Waals surface area (Å²) in [5, 5.41) is 7.26. The van der Waals surface area contributed by atoms with Gasteiger partial charge in [0.2, 0.25) is 5.82 Å². The number of nitrogens with one attached hydrogen (secondary N) is 1. The predicted molar refractivity (Wildman–Crippen MR) is 132 cm³/mol. The van der Waals surface area contributed by atoms with Crippen LogP contribution in [0.2, 0.25) is 0 Å². The molecule has 0 fully saturated rings. The minimum absolute atomic E-state index is 0.175. The number of rotatable bonds is 6. The summed E-state index contributed by atoms with van der Waals surface area (Å²) in [7, 11) is 0. The second-order valence-corrected chi connectivity index (χ2v) is 8.61. The van der Waals surface area contributed by atoms with Crippen LogP contribution in [0.15, 0.2) is 89.1 Å². The highest BCUT2D eigenvalue weighted by atomic mass is 19.1. The number of halogens is 1. The highest BCUT2D eigenvalue weighted by Gasteiger charge is 2.35. The molecule has 0 bridgehead atoms. The lowest BCUT2D eigenvalue weighted by molar-refractivity contribution is 0.205. The average Bonchev–Trinajstić information content (AvgIpc) is 3.35. The molecule has 176 valence electrons. The van der Waals surface area contributed by atoms with E-state index in [1.807, 2.05) is 68.4 Å². The molecule has 6 nitrogen and oxygen atoms in total. The van der Waals surface area contributed by atoms with Gasteiger partial charge in [0.1, 0.15) is 5.82 Å². The van der Waals surface area contributed by atoms with Crippen molar-refractivity contribution >= 4 is 11.6 Å². The number of nitrogens with zero attached hydrogens (tertiary/aromatic N) is 3. The van der Waals surface area contributed by atoms with Crippen LogP contribution in [-0.2, 0) is 6.42 Å². The summed E-state index contributed by atoms with van der Waals surface area (Å²) in [5.74, 6) is 0.340. The molecule has 4 aromatic rings. The summed E-state index contributed by atoms with van der Waals surface area (Å²) >= 11 is 0. The normalized spacial score (nSPS) is 15.9. The fourth-order valence-corrected chi connectivity index (χ4v) is 4.27. The van der Waals surface area contributed by atoms with E-state index in [1.54, 1.807) is 17.0 Å². The molecule has 1 aliphatic rings. The van der Waals surface area contributed by atoms with Crippen molar-refractivity contribution in [1.29, 1.82) is 0 Å². The zero-order chi connectivity index (χ0) is 24.4. The maximum Gasteiger partial charge on any atom is 0.322 e. The Balaban J connectivity index is 1.54. The molecular formula is C28H25FN4O2. The maximum absolute atomic E-state index is 13.4. The quantitative estimate of drug-likeness (QED) is 0.381. The molecule has 5 rings (SSSR count). The number of carbonyl (C=O) groups is 1. The summed E-state index contributed by atoms with van der Waals surface area (Å²) in [5.41, 5.74) is 5.33. The van der Waals surface area contributed by atoms with Crippen LogP contribution in [0.5, 0.6) is 0 Å². The van der Waals surface area contributed by atoms with Crippen molar-refractivity contribution in [3.63, 3.8) is 0 Å². The zero-order valence-corrected chi connectivity index (χ0v) is 19.5. The van der Waals surface area contributed by atoms with E-state index in [-0.39, 0.29) is 11.8 Å². The van der Waals surface area contributed by atoms with Crippen LogP contribution in [0.3, 0.4) is 0 Å². The van der Waals surface area contributed by atoms with E-state index in [2.05, 4.69) is 15.5 Å². The lowest BCUT2D eigenvalue weighted by Crippen LogP contribution is -2.46. The molecule has 7 heteroatoms. The van der Waals surface area contributed by atoms with Gasteiger partial charge in [-0.25, -0.2) is 9.18 Å². The summed E-state index contributed by atoms with van der Waals surface area (Å²) in [4.78, 5) is 19.5. The molecule has 2 heterocycles. The minimum atomic E-state index is -0.447. The van der Waals surface area contributed by atoms with Gasteiger partial charge in [-0.15, -0.1) is 0 Å². The number of benzene rings is 3. The van der Waals surface area contributed by atoms with Gasteiger partial charge in [-0.05, 0) is 55.7 Å². The summed E-state index contributed by atoms with van der Waals surface area (Å²) in [6, 6.07) is 23.4. The van der Waals surface area contributed by atoms with Crippen molar-refractivity contribution in [2.24, 2.45) is 0 Å². The third kappa shape index (κ3) is 4.71. The Bertz CT molecular complexity index is 1360. The van der Waals surface area contributed by atoms with Crippen molar-refractivity contribution in [2.45, 2.75) is 26.3 Å². The molecule has 2 amide bonds. The van der Waals surface area contributed by atoms with E-state index in [1.165, 1.54) is 12.1 Å². The molecule has 0 radical (unpaired) electrons. The Morgan fingerprint density at radius 2 is 1.69 bits per heavy atom. The smallest absolute Gasteiger partial charge is 0.322 e. The van der Waals surface area contributed by atoms with Gasteiger partial charge in [-0.3, -0.25) is 4.90 Å². The Morgan fingerprint density at radius 3 is 2.40 bits per heavy atom. The Morgan fingerprint density at radius 1 is 0.971 bits per heavy atom. The number of hydrogen-bond acceptors (Lipinski definition) is 4. The van der Waals surface area contributed by atoms with E-state index in [4.69, 9.17) is 4.52 Å². The number of hydrogen-bond donors (Lipinski definition) is 1. The first-order valence-electron chi connectivity index (χ1n) is 11.5. The topological polar surface area (TPSA) is 71.3 Å². The van der Waals surface area contributed by atoms with Crippen LogP contribution in [0, 0.1) is 12.7 Å². The van der Waals surface area contributed by atoms with E-state index in [0.29, 0.717) is 30.2 Å². The maximum atomic E-state index is 13.4. The monoisotopic (exact) mass is 468 g/mol. The Hall–Kier alpha value is -4.26. The van der Waals surface area contributed by atoms with Gasteiger partial charge >= 0.3 is 6.03 Å². The molecule has 1 N–H and O–H groups in total. The van der Waals surface area contributed by atoms with Gasteiger partial charge in [-0.2, -0.15) is 4.98 Å². The van der Waals surface area contributed by atoms with Gasteiger partial charge in [0.05, 0.1) is 11.6 Å². The summed E-state index contributed by atoms with van der Waals surface area (Å²) in [6.45, 7) is 4.43. The summed E-state index contributed by atoms with van der Waals surface area (Å²) in [6.07, 6.45) is 0.707. The fraction of sp³-hybridized carbons (Fsp3) is 0.179. The molecule has 0 spiro atoms. The van der Waals surface area contributed by atoms with Crippen molar-refractivity contribution < 1.29 is 13.7 Å². The second-order valence-electron chi connectivity index (χ2n) is 8.61. The predicted octanol–water partition coefficient (Wildman–Crippen LogP) is 5.92. The third-order valence-corrected chi connectivity index (χ3v) is 6.23. The van der Waals surface area contributed by atoms with E-state index >= 15 is 0 Å². The van der Waals surface area contributed by atoms with Gasteiger partial charge < -0.3 is 9.84 Å². The van der Waals surface area contributed by atoms with E-state index < -0.39 is 6.04 Å². The van der Waals surface area contributed by atoms with Crippen molar-refractivity contribution in [1.82, 2.24) is 20.4 Å². The molecule has 1 atom stereocenters. The molecule has 1 unspecified atom stereocenters. The number of urea groups is 1. The summed E-state index contributed by atoms with van der Waals surface area (Å²) < 4.78 is 19.1. The zero-order valence-electron chi connectivity index (χ0n) is 19.5. The first-order valence-corrected chi connectivity index (χ1v) is 11.5. The van der Waals surface area contributed by atoms with Crippen LogP contribution < -0.4 is 5.32 Å². The Labute approximate surface area is 203 Å². The first kappa shape index (κ1) is 22.5. The van der Waals surface area contributed by atoms with Gasteiger partial charge in [0.15, 0.2) is 0 Å². The molecule has 1 aromatic heterocycles. The highest BCUT2D eigenvalue weighted by molar-refractivity contribution is 5.86. The molecule has 0 aliphatic carbocycles. The number of aromatic nitrogens is 2. The van der Waals surface area contributed by atoms with Crippen molar-refractivity contribution in [3.05, 3.63) is 113 Å². The molecule has 35 heavy (non-hydrogen) atoms. The second kappa shape index (κ2) is 9.54. The largest absolute Gasteiger partial charge is 0.334 e. The van der Waals surface area contributed by atoms with E-state index in [9.17, 15) is 9.18 Å². The number of amides is 2. The highest BCUT2D eigenvalue weighted by Crippen LogP contribution is 2.37. The third-order valence-electron chi connectivity index (χ3n) is 6.23. The molecule has 0 saturated carbocycles. The molecular weight excluding hydrogens is 443 g/mol. The SMILES string of the molecule is CC1=C(c2nc(-c3ccc(F)cc3)no2)C(c2ccc(C)cc2)NC(=O)N1CCc1ccccc1. The molecule has 3 aromatic carbocycles. The van der Waals surface area contributed by atoms with Crippen LogP contribution in [0.4, 0.5) is 9.18 Å². The average molecular weight is 469 g/mol. The number of aryl methyl sites for hydroxylation is 1. The number of carbonyl (C=O) groups excluding carboxylic acids is 1. The lowest BCUT2D eigenvalue weighted by Gasteiger charge is -2.35.